The minimum Gasteiger partial charge on any atom is -0.346 e. The van der Waals surface area contributed by atoms with Crippen molar-refractivity contribution in [2.45, 2.75) is 58.0 Å². The smallest absolute Gasteiger partial charge is 0.163 e. The summed E-state index contributed by atoms with van der Waals surface area (Å²) in [6.07, 6.45) is 10.5. The maximum atomic E-state index is 4.92. The number of piperidine rings is 1. The van der Waals surface area contributed by atoms with E-state index in [-0.39, 0.29) is 6.04 Å². The summed E-state index contributed by atoms with van der Waals surface area (Å²) >= 11 is 0. The predicted molar refractivity (Wildman–Crippen MR) is 107 cm³/mol. The Labute approximate surface area is 164 Å². The van der Waals surface area contributed by atoms with Gasteiger partial charge >= 0.3 is 0 Å². The van der Waals surface area contributed by atoms with E-state index in [0.29, 0.717) is 0 Å². The Balaban J connectivity index is 1.54. The molecule has 0 aromatic carbocycles. The van der Waals surface area contributed by atoms with E-state index in [1.165, 1.54) is 25.7 Å². The maximum absolute atomic E-state index is 4.92. The molecule has 0 spiro atoms. The molecule has 0 amide bonds. The summed E-state index contributed by atoms with van der Waals surface area (Å²) in [5.74, 6) is 3.95. The highest BCUT2D eigenvalue weighted by atomic mass is 15.3. The van der Waals surface area contributed by atoms with Crippen LogP contribution in [-0.4, -0.2) is 36.3 Å². The van der Waals surface area contributed by atoms with Gasteiger partial charge in [0.2, 0.25) is 0 Å². The van der Waals surface area contributed by atoms with E-state index in [9.17, 15) is 0 Å². The van der Waals surface area contributed by atoms with E-state index in [1.54, 1.807) is 6.20 Å². The van der Waals surface area contributed by atoms with Crippen LogP contribution in [0.4, 0.5) is 5.82 Å². The first-order valence-corrected chi connectivity index (χ1v) is 10.2. The molecule has 144 valence electrons. The van der Waals surface area contributed by atoms with Gasteiger partial charge in [0.25, 0.3) is 0 Å². The minimum atomic E-state index is 0.226. The summed E-state index contributed by atoms with van der Waals surface area (Å²) in [4.78, 5) is 16.2. The maximum Gasteiger partial charge on any atom is 0.163 e. The molecule has 2 aliphatic rings. The molecule has 1 atom stereocenters. The third kappa shape index (κ3) is 3.15. The van der Waals surface area contributed by atoms with Gasteiger partial charge in [-0.25, -0.2) is 9.97 Å². The van der Waals surface area contributed by atoms with Gasteiger partial charge in [-0.3, -0.25) is 4.98 Å². The van der Waals surface area contributed by atoms with E-state index < -0.39 is 0 Å². The lowest BCUT2D eigenvalue weighted by atomic mass is 10.0. The number of anilines is 1. The van der Waals surface area contributed by atoms with Crippen LogP contribution in [0.1, 0.15) is 55.5 Å². The Morgan fingerprint density at radius 1 is 1.04 bits per heavy atom. The standard InChI is InChI=1S/C21H25N7/c1-15-13-19(24-20(23-15)16-7-6-10-22-14-16)27-11-4-2-8-17(27)21-26-25-18-9-3-5-12-28(18)21/h6-7,10,13-14,17H,2-5,8-9,11-12H2,1H3. The van der Waals surface area contributed by atoms with Gasteiger partial charge in [-0.15, -0.1) is 10.2 Å². The number of aromatic nitrogens is 6. The van der Waals surface area contributed by atoms with Crippen LogP contribution in [0.15, 0.2) is 30.6 Å². The van der Waals surface area contributed by atoms with E-state index in [2.05, 4.69) is 35.7 Å². The molecule has 5 rings (SSSR count). The SMILES string of the molecule is Cc1cc(N2CCCCC2c2nnc3n2CCCC3)nc(-c2cccnc2)n1. The van der Waals surface area contributed by atoms with Gasteiger partial charge in [0, 0.05) is 49.2 Å². The Morgan fingerprint density at radius 3 is 2.86 bits per heavy atom. The molecule has 0 N–H and O–H groups in total. The summed E-state index contributed by atoms with van der Waals surface area (Å²) in [6, 6.07) is 6.25. The molecule has 0 radical (unpaired) electrons. The molecular formula is C21H25N7. The first kappa shape index (κ1) is 17.3. The zero-order chi connectivity index (χ0) is 18.9. The van der Waals surface area contributed by atoms with Crippen molar-refractivity contribution in [3.8, 4) is 11.4 Å². The predicted octanol–water partition coefficient (Wildman–Crippen LogP) is 3.51. The number of hydrogen-bond acceptors (Lipinski definition) is 6. The normalized spacial score (nSPS) is 19.5. The van der Waals surface area contributed by atoms with Gasteiger partial charge in [-0.05, 0) is 51.2 Å². The van der Waals surface area contributed by atoms with Gasteiger partial charge in [0.05, 0.1) is 6.04 Å². The zero-order valence-electron chi connectivity index (χ0n) is 16.3. The second-order valence-corrected chi connectivity index (χ2v) is 7.72. The number of aryl methyl sites for hydroxylation is 2. The summed E-state index contributed by atoms with van der Waals surface area (Å²) in [7, 11) is 0. The van der Waals surface area contributed by atoms with Crippen molar-refractivity contribution in [3.05, 3.63) is 47.9 Å². The van der Waals surface area contributed by atoms with E-state index >= 15 is 0 Å². The minimum absolute atomic E-state index is 0.226. The zero-order valence-corrected chi connectivity index (χ0v) is 16.3. The number of pyridine rings is 1. The molecule has 7 heteroatoms. The summed E-state index contributed by atoms with van der Waals surface area (Å²) in [6.45, 7) is 4.05. The molecule has 3 aromatic rings. The fourth-order valence-corrected chi connectivity index (χ4v) is 4.37. The molecule has 7 nitrogen and oxygen atoms in total. The fraction of sp³-hybridized carbons (Fsp3) is 0.476. The molecule has 0 aliphatic carbocycles. The largest absolute Gasteiger partial charge is 0.346 e. The summed E-state index contributed by atoms with van der Waals surface area (Å²) < 4.78 is 2.35. The van der Waals surface area contributed by atoms with Crippen molar-refractivity contribution in [2.24, 2.45) is 0 Å². The average Bonchev–Trinajstić information content (AvgIpc) is 3.18. The molecule has 2 aliphatic heterocycles. The molecule has 1 saturated heterocycles. The highest BCUT2D eigenvalue weighted by molar-refractivity contribution is 5.57. The Morgan fingerprint density at radius 2 is 1.96 bits per heavy atom. The first-order valence-electron chi connectivity index (χ1n) is 10.2. The number of hydrogen-bond donors (Lipinski definition) is 0. The van der Waals surface area contributed by atoms with Crippen LogP contribution < -0.4 is 4.90 Å². The second-order valence-electron chi connectivity index (χ2n) is 7.72. The van der Waals surface area contributed by atoms with Crippen molar-refractivity contribution >= 4 is 5.82 Å². The van der Waals surface area contributed by atoms with E-state index in [1.807, 2.05) is 25.3 Å². The topological polar surface area (TPSA) is 72.6 Å². The third-order valence-electron chi connectivity index (χ3n) is 5.74. The summed E-state index contributed by atoms with van der Waals surface area (Å²) in [5, 5.41) is 9.11. The van der Waals surface area contributed by atoms with Gasteiger partial charge in [-0.1, -0.05) is 0 Å². The molecular weight excluding hydrogens is 350 g/mol. The van der Waals surface area contributed by atoms with Crippen LogP contribution in [0.25, 0.3) is 11.4 Å². The molecule has 0 bridgehead atoms. The van der Waals surface area contributed by atoms with Crippen LogP contribution in [0.5, 0.6) is 0 Å². The molecule has 0 saturated carbocycles. The van der Waals surface area contributed by atoms with Crippen molar-refractivity contribution in [3.63, 3.8) is 0 Å². The lowest BCUT2D eigenvalue weighted by Gasteiger charge is -2.36. The average molecular weight is 375 g/mol. The van der Waals surface area contributed by atoms with E-state index in [4.69, 9.17) is 4.98 Å². The summed E-state index contributed by atoms with van der Waals surface area (Å²) in [5.41, 5.74) is 1.91. The highest BCUT2D eigenvalue weighted by Crippen LogP contribution is 2.35. The van der Waals surface area contributed by atoms with Crippen molar-refractivity contribution in [2.75, 3.05) is 11.4 Å². The quantitative estimate of drug-likeness (QED) is 0.698. The molecule has 3 aromatic heterocycles. The van der Waals surface area contributed by atoms with E-state index in [0.717, 1.165) is 60.5 Å². The van der Waals surface area contributed by atoms with Gasteiger partial charge in [0.1, 0.15) is 11.6 Å². The number of rotatable bonds is 3. The lowest BCUT2D eigenvalue weighted by Crippen LogP contribution is -2.36. The van der Waals surface area contributed by atoms with Crippen LogP contribution in [0, 0.1) is 6.92 Å². The van der Waals surface area contributed by atoms with Crippen LogP contribution >= 0.6 is 0 Å². The van der Waals surface area contributed by atoms with Crippen molar-refractivity contribution < 1.29 is 0 Å². The van der Waals surface area contributed by atoms with Crippen LogP contribution in [0.3, 0.4) is 0 Å². The Kier molecular flexibility index (Phi) is 4.50. The Hall–Kier alpha value is -2.83. The Bertz CT molecular complexity index is 966. The second kappa shape index (κ2) is 7.30. The van der Waals surface area contributed by atoms with Crippen LogP contribution in [0.2, 0.25) is 0 Å². The number of fused-ring (bicyclic) bond motifs is 1. The lowest BCUT2D eigenvalue weighted by molar-refractivity contribution is 0.420. The highest BCUT2D eigenvalue weighted by Gasteiger charge is 2.31. The van der Waals surface area contributed by atoms with Gasteiger partial charge < -0.3 is 9.47 Å². The molecule has 28 heavy (non-hydrogen) atoms. The molecule has 5 heterocycles. The van der Waals surface area contributed by atoms with Crippen molar-refractivity contribution in [1.29, 1.82) is 0 Å². The van der Waals surface area contributed by atoms with Crippen molar-refractivity contribution in [1.82, 2.24) is 29.7 Å². The molecule has 1 fully saturated rings. The van der Waals surface area contributed by atoms with Gasteiger partial charge in [0.15, 0.2) is 11.6 Å². The van der Waals surface area contributed by atoms with Gasteiger partial charge in [-0.2, -0.15) is 0 Å². The third-order valence-corrected chi connectivity index (χ3v) is 5.74. The van der Waals surface area contributed by atoms with Crippen LogP contribution in [-0.2, 0) is 13.0 Å². The molecule has 1 unspecified atom stereocenters. The monoisotopic (exact) mass is 375 g/mol. The fourth-order valence-electron chi connectivity index (χ4n) is 4.37. The number of nitrogens with zero attached hydrogens (tertiary/aromatic N) is 7. The first-order chi connectivity index (χ1) is 13.8.